The summed E-state index contributed by atoms with van der Waals surface area (Å²) in [5, 5.41) is 13.1. The van der Waals surface area contributed by atoms with E-state index in [2.05, 4.69) is 11.4 Å². The third-order valence-electron chi connectivity index (χ3n) is 3.96. The molecule has 0 spiro atoms. The highest BCUT2D eigenvalue weighted by atomic mass is 35.5. The Bertz CT molecular complexity index is 934. The lowest BCUT2D eigenvalue weighted by Gasteiger charge is -2.14. The van der Waals surface area contributed by atoms with Gasteiger partial charge in [-0.1, -0.05) is 23.7 Å². The van der Waals surface area contributed by atoms with Gasteiger partial charge in [-0.3, -0.25) is 9.36 Å². The maximum absolute atomic E-state index is 12.7. The number of hydrogen-bond acceptors (Lipinski definition) is 3. The van der Waals surface area contributed by atoms with E-state index in [0.29, 0.717) is 16.7 Å². The van der Waals surface area contributed by atoms with Crippen molar-refractivity contribution in [3.05, 3.63) is 76.3 Å². The summed E-state index contributed by atoms with van der Waals surface area (Å²) in [5.41, 5.74) is 1.39. The maximum atomic E-state index is 12.7. The summed E-state index contributed by atoms with van der Waals surface area (Å²) in [5.74, 6) is 0.397. The number of benzene rings is 1. The van der Waals surface area contributed by atoms with E-state index in [0.717, 1.165) is 5.56 Å². The van der Waals surface area contributed by atoms with Crippen molar-refractivity contribution in [2.45, 2.75) is 19.9 Å². The number of halogens is 1. The quantitative estimate of drug-likeness (QED) is 0.755. The second-order valence-corrected chi connectivity index (χ2v) is 6.10. The van der Waals surface area contributed by atoms with Crippen LogP contribution in [0.15, 0.2) is 53.2 Å². The average Bonchev–Trinajstić information content (AvgIpc) is 3.22. The molecular weight excluding hydrogens is 338 g/mol. The van der Waals surface area contributed by atoms with Crippen molar-refractivity contribution in [1.29, 1.82) is 5.26 Å². The molecular formula is C19H16ClN3O2. The number of nitrogens with one attached hydrogen (secondary N) is 1. The number of rotatable bonds is 4. The Morgan fingerprint density at radius 3 is 2.52 bits per heavy atom. The first-order chi connectivity index (χ1) is 12.0. The van der Waals surface area contributed by atoms with Gasteiger partial charge in [0.1, 0.15) is 23.0 Å². The van der Waals surface area contributed by atoms with Crippen LogP contribution in [-0.4, -0.2) is 10.5 Å². The Kier molecular flexibility index (Phi) is 4.64. The van der Waals surface area contributed by atoms with Crippen LogP contribution >= 0.6 is 11.6 Å². The molecule has 1 aromatic carbocycles. The van der Waals surface area contributed by atoms with E-state index in [1.807, 2.05) is 31.2 Å². The summed E-state index contributed by atoms with van der Waals surface area (Å²) >= 11 is 5.89. The number of aryl methyl sites for hydroxylation is 1. The molecule has 0 aliphatic heterocycles. The van der Waals surface area contributed by atoms with E-state index in [-0.39, 0.29) is 23.1 Å². The number of carbonyl (C=O) groups is 1. The molecule has 1 amide bonds. The van der Waals surface area contributed by atoms with Crippen LogP contribution in [0.2, 0.25) is 5.02 Å². The highest BCUT2D eigenvalue weighted by molar-refractivity contribution is 6.30. The van der Waals surface area contributed by atoms with Gasteiger partial charge >= 0.3 is 0 Å². The van der Waals surface area contributed by atoms with Gasteiger partial charge < -0.3 is 9.73 Å². The molecule has 0 fully saturated rings. The Morgan fingerprint density at radius 2 is 1.92 bits per heavy atom. The summed E-state index contributed by atoms with van der Waals surface area (Å²) in [7, 11) is 0. The van der Waals surface area contributed by atoms with Crippen molar-refractivity contribution in [2.24, 2.45) is 0 Å². The first-order valence-electron chi connectivity index (χ1n) is 7.74. The first kappa shape index (κ1) is 16.9. The van der Waals surface area contributed by atoms with Crippen molar-refractivity contribution in [1.82, 2.24) is 9.88 Å². The van der Waals surface area contributed by atoms with Gasteiger partial charge in [0.25, 0.3) is 5.91 Å². The molecule has 1 atom stereocenters. The Labute approximate surface area is 150 Å². The van der Waals surface area contributed by atoms with Gasteiger partial charge in [0, 0.05) is 17.4 Å². The summed E-state index contributed by atoms with van der Waals surface area (Å²) in [6.45, 7) is 3.55. The second-order valence-electron chi connectivity index (χ2n) is 5.66. The summed E-state index contributed by atoms with van der Waals surface area (Å²) in [6, 6.07) is 12.7. The lowest BCUT2D eigenvalue weighted by Crippen LogP contribution is -2.27. The molecule has 0 saturated heterocycles. The summed E-state index contributed by atoms with van der Waals surface area (Å²) in [4.78, 5) is 12.7. The van der Waals surface area contributed by atoms with E-state index < -0.39 is 0 Å². The Hall–Kier alpha value is -2.97. The number of carbonyl (C=O) groups excluding carboxylic acids is 1. The number of aromatic nitrogens is 1. The Balaban J connectivity index is 1.90. The molecule has 0 radical (unpaired) electrons. The molecule has 0 aliphatic carbocycles. The molecule has 0 aliphatic rings. The number of nitriles is 1. The number of nitrogens with zero attached hydrogens (tertiary/aromatic N) is 2. The van der Waals surface area contributed by atoms with E-state index in [1.54, 1.807) is 36.0 Å². The van der Waals surface area contributed by atoms with Gasteiger partial charge in [-0.25, -0.2) is 0 Å². The fraction of sp³-hybridized carbons (Fsp3) is 0.158. The second kappa shape index (κ2) is 6.88. The molecule has 0 saturated carbocycles. The topological polar surface area (TPSA) is 71.0 Å². The van der Waals surface area contributed by atoms with Gasteiger partial charge in [-0.2, -0.15) is 5.26 Å². The first-order valence-corrected chi connectivity index (χ1v) is 8.12. The summed E-state index contributed by atoms with van der Waals surface area (Å²) < 4.78 is 7.34. The van der Waals surface area contributed by atoms with E-state index in [1.165, 1.54) is 0 Å². The van der Waals surface area contributed by atoms with Crippen molar-refractivity contribution >= 4 is 17.5 Å². The largest absolute Gasteiger partial charge is 0.443 e. The fourth-order valence-electron chi connectivity index (χ4n) is 2.66. The van der Waals surface area contributed by atoms with Crippen LogP contribution in [0.1, 0.15) is 40.2 Å². The van der Waals surface area contributed by atoms with E-state index >= 15 is 0 Å². The molecule has 25 heavy (non-hydrogen) atoms. The third kappa shape index (κ3) is 3.30. The molecule has 0 unspecified atom stereocenters. The van der Waals surface area contributed by atoms with E-state index in [9.17, 15) is 10.1 Å². The molecule has 2 heterocycles. The van der Waals surface area contributed by atoms with Crippen LogP contribution in [0.25, 0.3) is 5.88 Å². The van der Waals surface area contributed by atoms with Gasteiger partial charge in [-0.05, 0) is 43.7 Å². The molecule has 3 rings (SSSR count). The average molecular weight is 354 g/mol. The zero-order chi connectivity index (χ0) is 18.0. The molecule has 2 aromatic heterocycles. The number of amides is 1. The minimum absolute atomic E-state index is 0.217. The predicted molar refractivity (Wildman–Crippen MR) is 94.8 cm³/mol. The fourth-order valence-corrected chi connectivity index (χ4v) is 2.79. The van der Waals surface area contributed by atoms with Gasteiger partial charge in [0.2, 0.25) is 5.88 Å². The normalized spacial score (nSPS) is 11.8. The minimum atomic E-state index is -0.348. The molecule has 5 nitrogen and oxygen atoms in total. The SMILES string of the molecule is Cc1oc(-n2cccc2)c(C#N)c1C(=O)N[C@H](C)c1ccc(Cl)cc1. The third-order valence-corrected chi connectivity index (χ3v) is 4.21. The van der Waals surface area contributed by atoms with Gasteiger partial charge in [0.05, 0.1) is 6.04 Å². The monoisotopic (exact) mass is 353 g/mol. The summed E-state index contributed by atoms with van der Waals surface area (Å²) in [6.07, 6.45) is 3.52. The van der Waals surface area contributed by atoms with Gasteiger partial charge in [-0.15, -0.1) is 0 Å². The smallest absolute Gasteiger partial charge is 0.256 e. The van der Waals surface area contributed by atoms with Crippen molar-refractivity contribution in [3.63, 3.8) is 0 Å². The Morgan fingerprint density at radius 1 is 1.28 bits per heavy atom. The zero-order valence-corrected chi connectivity index (χ0v) is 14.5. The standard InChI is InChI=1S/C19H16ClN3O2/c1-12(14-5-7-15(20)8-6-14)22-18(24)17-13(2)25-19(16(17)11-21)23-9-3-4-10-23/h3-10,12H,1-2H3,(H,22,24)/t12-/m1/s1. The minimum Gasteiger partial charge on any atom is -0.443 e. The molecule has 6 heteroatoms. The molecule has 126 valence electrons. The lowest BCUT2D eigenvalue weighted by molar-refractivity contribution is 0.0938. The predicted octanol–water partition coefficient (Wildman–Crippen LogP) is 4.39. The maximum Gasteiger partial charge on any atom is 0.256 e. The van der Waals surface area contributed by atoms with Crippen LogP contribution in [0.4, 0.5) is 0 Å². The van der Waals surface area contributed by atoms with Crippen LogP contribution in [0.3, 0.4) is 0 Å². The van der Waals surface area contributed by atoms with Crippen LogP contribution < -0.4 is 5.32 Å². The van der Waals surface area contributed by atoms with Crippen LogP contribution in [-0.2, 0) is 0 Å². The van der Waals surface area contributed by atoms with Crippen LogP contribution in [0, 0.1) is 18.3 Å². The number of hydrogen-bond donors (Lipinski definition) is 1. The van der Waals surface area contributed by atoms with Gasteiger partial charge in [0.15, 0.2) is 0 Å². The van der Waals surface area contributed by atoms with Crippen LogP contribution in [0.5, 0.6) is 0 Å². The van der Waals surface area contributed by atoms with Crippen molar-refractivity contribution < 1.29 is 9.21 Å². The number of furan rings is 1. The zero-order valence-electron chi connectivity index (χ0n) is 13.8. The molecule has 0 bridgehead atoms. The van der Waals surface area contributed by atoms with Crippen molar-refractivity contribution in [3.8, 4) is 12.0 Å². The highest BCUT2D eigenvalue weighted by Crippen LogP contribution is 2.26. The molecule has 1 N–H and O–H groups in total. The lowest BCUT2D eigenvalue weighted by atomic mass is 10.1. The van der Waals surface area contributed by atoms with E-state index in [4.69, 9.17) is 16.0 Å². The van der Waals surface area contributed by atoms with Crippen molar-refractivity contribution in [2.75, 3.05) is 0 Å². The highest BCUT2D eigenvalue weighted by Gasteiger charge is 2.25. The molecule has 3 aromatic rings.